The number of hydrogen-bond donors (Lipinski definition) is 1. The Bertz CT molecular complexity index is 865. The van der Waals surface area contributed by atoms with Crippen molar-refractivity contribution in [2.45, 2.75) is 26.8 Å². The van der Waals surface area contributed by atoms with Crippen molar-refractivity contribution in [3.05, 3.63) is 65.6 Å². The van der Waals surface area contributed by atoms with Crippen LogP contribution in [0.3, 0.4) is 0 Å². The number of aromatic nitrogens is 3. The number of nitrogens with zero attached hydrogens (tertiary/aromatic N) is 5. The summed E-state index contributed by atoms with van der Waals surface area (Å²) >= 11 is 0. The van der Waals surface area contributed by atoms with Crippen molar-refractivity contribution in [2.24, 2.45) is 4.99 Å². The monoisotopic (exact) mass is 350 g/mol. The lowest BCUT2D eigenvalue weighted by Crippen LogP contribution is -2.38. The molecule has 3 aromatic rings. The summed E-state index contributed by atoms with van der Waals surface area (Å²) in [7, 11) is 2.06. The normalized spacial score (nSPS) is 11.7. The summed E-state index contributed by atoms with van der Waals surface area (Å²) in [5.41, 5.74) is 3.42. The fourth-order valence-electron chi connectivity index (χ4n) is 2.84. The summed E-state index contributed by atoms with van der Waals surface area (Å²) in [5.74, 6) is 1.84. The zero-order valence-corrected chi connectivity index (χ0v) is 15.7. The first-order valence-electron chi connectivity index (χ1n) is 9.01. The van der Waals surface area contributed by atoms with Gasteiger partial charge in [0.25, 0.3) is 0 Å². The Hall–Kier alpha value is -2.89. The summed E-state index contributed by atoms with van der Waals surface area (Å²) < 4.78 is 2.01. The van der Waals surface area contributed by atoms with Crippen LogP contribution in [0.5, 0.6) is 0 Å². The smallest absolute Gasteiger partial charge is 0.193 e. The van der Waals surface area contributed by atoms with Crippen LogP contribution in [0.2, 0.25) is 0 Å². The molecule has 0 saturated heterocycles. The molecule has 0 atom stereocenters. The van der Waals surface area contributed by atoms with E-state index in [4.69, 9.17) is 4.99 Å². The molecule has 0 fully saturated rings. The Morgan fingerprint density at radius 1 is 1.15 bits per heavy atom. The second kappa shape index (κ2) is 8.47. The standard InChI is InChI=1S/C20H26N6/c1-4-21-20(25(3)15-17-10-8-16(2)9-11-17)22-13-12-19-24-23-18-7-5-6-14-26(18)19/h5-11,14H,4,12-13,15H2,1-3H3,(H,21,22). The summed E-state index contributed by atoms with van der Waals surface area (Å²) in [5, 5.41) is 11.8. The Morgan fingerprint density at radius 2 is 1.96 bits per heavy atom. The predicted octanol–water partition coefficient (Wildman–Crippen LogP) is 2.68. The highest BCUT2D eigenvalue weighted by atomic mass is 15.3. The lowest BCUT2D eigenvalue weighted by molar-refractivity contribution is 0.477. The van der Waals surface area contributed by atoms with Crippen LogP contribution < -0.4 is 5.32 Å². The van der Waals surface area contributed by atoms with Gasteiger partial charge in [0.2, 0.25) is 0 Å². The van der Waals surface area contributed by atoms with Crippen LogP contribution in [0.15, 0.2) is 53.7 Å². The van der Waals surface area contributed by atoms with E-state index >= 15 is 0 Å². The Balaban J connectivity index is 1.65. The highest BCUT2D eigenvalue weighted by Gasteiger charge is 2.08. The van der Waals surface area contributed by atoms with E-state index in [1.165, 1.54) is 11.1 Å². The molecule has 6 nitrogen and oxygen atoms in total. The molecule has 0 spiro atoms. The Kier molecular flexibility index (Phi) is 5.84. The van der Waals surface area contributed by atoms with Gasteiger partial charge in [-0.15, -0.1) is 10.2 Å². The first kappa shape index (κ1) is 17.9. The molecule has 2 heterocycles. The molecule has 0 aliphatic rings. The molecule has 136 valence electrons. The van der Waals surface area contributed by atoms with Gasteiger partial charge in [0.05, 0.1) is 0 Å². The first-order chi connectivity index (χ1) is 12.7. The van der Waals surface area contributed by atoms with Gasteiger partial charge < -0.3 is 10.2 Å². The molecule has 26 heavy (non-hydrogen) atoms. The van der Waals surface area contributed by atoms with Gasteiger partial charge in [-0.1, -0.05) is 35.9 Å². The molecule has 0 unspecified atom stereocenters. The van der Waals surface area contributed by atoms with E-state index in [9.17, 15) is 0 Å². The maximum Gasteiger partial charge on any atom is 0.193 e. The molecular formula is C20H26N6. The van der Waals surface area contributed by atoms with E-state index in [1.807, 2.05) is 28.8 Å². The first-order valence-corrected chi connectivity index (χ1v) is 9.01. The topological polar surface area (TPSA) is 57.8 Å². The summed E-state index contributed by atoms with van der Waals surface area (Å²) in [6.45, 7) is 6.51. The van der Waals surface area contributed by atoms with Crippen LogP contribution in [-0.2, 0) is 13.0 Å². The number of hydrogen-bond acceptors (Lipinski definition) is 3. The number of pyridine rings is 1. The average molecular weight is 350 g/mol. The molecule has 6 heteroatoms. The molecule has 1 N–H and O–H groups in total. The van der Waals surface area contributed by atoms with E-state index in [-0.39, 0.29) is 0 Å². The van der Waals surface area contributed by atoms with Gasteiger partial charge in [-0.25, -0.2) is 0 Å². The number of aryl methyl sites for hydroxylation is 1. The fraction of sp³-hybridized carbons (Fsp3) is 0.350. The Labute approximate surface area is 154 Å². The molecular weight excluding hydrogens is 324 g/mol. The van der Waals surface area contributed by atoms with Crippen molar-refractivity contribution in [1.82, 2.24) is 24.8 Å². The maximum atomic E-state index is 4.76. The van der Waals surface area contributed by atoms with Gasteiger partial charge in [-0.3, -0.25) is 9.39 Å². The van der Waals surface area contributed by atoms with Gasteiger partial charge >= 0.3 is 0 Å². The van der Waals surface area contributed by atoms with Crippen molar-refractivity contribution in [1.29, 1.82) is 0 Å². The van der Waals surface area contributed by atoms with Gasteiger partial charge in [0.1, 0.15) is 5.82 Å². The minimum atomic E-state index is 0.663. The van der Waals surface area contributed by atoms with E-state index < -0.39 is 0 Å². The third-order valence-electron chi connectivity index (χ3n) is 4.22. The zero-order valence-electron chi connectivity index (χ0n) is 15.7. The summed E-state index contributed by atoms with van der Waals surface area (Å²) in [6, 6.07) is 14.5. The van der Waals surface area contributed by atoms with Crippen molar-refractivity contribution in [3.63, 3.8) is 0 Å². The molecule has 0 saturated carbocycles. The lowest BCUT2D eigenvalue weighted by atomic mass is 10.1. The van der Waals surface area contributed by atoms with E-state index in [2.05, 4.69) is 65.6 Å². The molecule has 0 radical (unpaired) electrons. The van der Waals surface area contributed by atoms with Gasteiger partial charge in [-0.05, 0) is 31.5 Å². The number of benzene rings is 1. The Morgan fingerprint density at radius 3 is 2.73 bits per heavy atom. The number of rotatable bonds is 6. The number of aliphatic imine (C=N–C) groups is 1. The van der Waals surface area contributed by atoms with Crippen LogP contribution in [-0.4, -0.2) is 45.6 Å². The van der Waals surface area contributed by atoms with Crippen molar-refractivity contribution < 1.29 is 0 Å². The molecule has 0 amide bonds. The molecule has 0 bridgehead atoms. The molecule has 0 aliphatic carbocycles. The van der Waals surface area contributed by atoms with Gasteiger partial charge in [0, 0.05) is 39.3 Å². The van der Waals surface area contributed by atoms with Crippen LogP contribution in [0, 0.1) is 6.92 Å². The summed E-state index contributed by atoms with van der Waals surface area (Å²) in [6.07, 6.45) is 2.74. The highest BCUT2D eigenvalue weighted by Crippen LogP contribution is 2.07. The quantitative estimate of drug-likeness (QED) is 0.548. The van der Waals surface area contributed by atoms with E-state index in [0.29, 0.717) is 6.54 Å². The van der Waals surface area contributed by atoms with E-state index in [1.54, 1.807) is 0 Å². The van der Waals surface area contributed by atoms with Gasteiger partial charge in [0.15, 0.2) is 11.6 Å². The SMILES string of the molecule is CCNC(=NCCc1nnc2ccccn12)N(C)Cc1ccc(C)cc1. The van der Waals surface area contributed by atoms with Crippen LogP contribution in [0.25, 0.3) is 5.65 Å². The second-order valence-electron chi connectivity index (χ2n) is 6.37. The van der Waals surface area contributed by atoms with Crippen molar-refractivity contribution >= 4 is 11.6 Å². The largest absolute Gasteiger partial charge is 0.357 e. The van der Waals surface area contributed by atoms with Crippen LogP contribution in [0.1, 0.15) is 23.9 Å². The summed E-state index contributed by atoms with van der Waals surface area (Å²) in [4.78, 5) is 6.91. The average Bonchev–Trinajstić information content (AvgIpc) is 3.06. The molecule has 3 rings (SSSR count). The maximum absolute atomic E-state index is 4.76. The minimum Gasteiger partial charge on any atom is -0.357 e. The van der Waals surface area contributed by atoms with Gasteiger partial charge in [-0.2, -0.15) is 0 Å². The highest BCUT2D eigenvalue weighted by molar-refractivity contribution is 5.79. The van der Waals surface area contributed by atoms with Crippen molar-refractivity contribution in [3.8, 4) is 0 Å². The fourth-order valence-corrected chi connectivity index (χ4v) is 2.84. The molecule has 1 aromatic carbocycles. The third-order valence-corrected chi connectivity index (χ3v) is 4.22. The van der Waals surface area contributed by atoms with Crippen molar-refractivity contribution in [2.75, 3.05) is 20.1 Å². The molecule has 2 aromatic heterocycles. The third kappa shape index (κ3) is 4.39. The number of nitrogens with one attached hydrogen (secondary N) is 1. The minimum absolute atomic E-state index is 0.663. The lowest BCUT2D eigenvalue weighted by Gasteiger charge is -2.22. The van der Waals surface area contributed by atoms with Crippen LogP contribution in [0.4, 0.5) is 0 Å². The predicted molar refractivity (Wildman–Crippen MR) is 105 cm³/mol. The zero-order chi connectivity index (χ0) is 18.4. The van der Waals surface area contributed by atoms with E-state index in [0.717, 1.165) is 36.9 Å². The second-order valence-corrected chi connectivity index (χ2v) is 6.37. The number of fused-ring (bicyclic) bond motifs is 1. The van der Waals surface area contributed by atoms with Crippen LogP contribution >= 0.6 is 0 Å². The molecule has 0 aliphatic heterocycles. The number of guanidine groups is 1.